The molecule has 0 atom stereocenters. The molecule has 0 bridgehead atoms. The van der Waals surface area contributed by atoms with E-state index in [0.29, 0.717) is 18.4 Å². The van der Waals surface area contributed by atoms with E-state index in [-0.39, 0.29) is 0 Å². The smallest absolute Gasteiger partial charge is 0.227 e. The molecular formula is C13H19N3OS. The lowest BCUT2D eigenvalue weighted by Crippen LogP contribution is -2.02. The molecule has 2 aromatic rings. The maximum atomic E-state index is 5.78. The molecule has 2 aromatic heterocycles. The van der Waals surface area contributed by atoms with Crippen molar-refractivity contribution in [3.05, 3.63) is 10.9 Å². The SMILES string of the molecule is CCCCOc1nc(NC)nc2sc(CC)cc12. The van der Waals surface area contributed by atoms with Crippen molar-refractivity contribution >= 4 is 27.5 Å². The van der Waals surface area contributed by atoms with Crippen molar-refractivity contribution in [3.8, 4) is 5.88 Å². The molecule has 0 aliphatic rings. The Balaban J connectivity index is 2.37. The summed E-state index contributed by atoms with van der Waals surface area (Å²) in [5, 5.41) is 4.02. The molecule has 98 valence electrons. The second-order valence-electron chi connectivity index (χ2n) is 4.09. The number of fused-ring (bicyclic) bond motifs is 1. The van der Waals surface area contributed by atoms with Crippen LogP contribution >= 0.6 is 11.3 Å². The summed E-state index contributed by atoms with van der Waals surface area (Å²) in [6.45, 7) is 5.01. The third-order valence-electron chi connectivity index (χ3n) is 2.72. The van der Waals surface area contributed by atoms with Crippen LogP contribution in [0.2, 0.25) is 0 Å². The van der Waals surface area contributed by atoms with E-state index in [2.05, 4.69) is 35.2 Å². The Kier molecular flexibility index (Phi) is 4.36. The zero-order valence-electron chi connectivity index (χ0n) is 11.1. The van der Waals surface area contributed by atoms with E-state index >= 15 is 0 Å². The van der Waals surface area contributed by atoms with Gasteiger partial charge in [0.2, 0.25) is 11.8 Å². The van der Waals surface area contributed by atoms with Gasteiger partial charge in [-0.25, -0.2) is 4.98 Å². The lowest BCUT2D eigenvalue weighted by Gasteiger charge is -2.07. The largest absolute Gasteiger partial charge is 0.477 e. The van der Waals surface area contributed by atoms with Crippen molar-refractivity contribution in [3.63, 3.8) is 0 Å². The molecule has 18 heavy (non-hydrogen) atoms. The monoisotopic (exact) mass is 265 g/mol. The van der Waals surface area contributed by atoms with Crippen LogP contribution in [-0.2, 0) is 6.42 Å². The lowest BCUT2D eigenvalue weighted by molar-refractivity contribution is 0.302. The number of hydrogen-bond acceptors (Lipinski definition) is 5. The Morgan fingerprint density at radius 3 is 2.83 bits per heavy atom. The second-order valence-corrected chi connectivity index (χ2v) is 5.20. The number of nitrogens with zero attached hydrogens (tertiary/aromatic N) is 2. The number of unbranched alkanes of at least 4 members (excludes halogenated alkanes) is 1. The highest BCUT2D eigenvalue weighted by atomic mass is 32.1. The van der Waals surface area contributed by atoms with Crippen molar-refractivity contribution in [2.24, 2.45) is 0 Å². The molecule has 0 aromatic carbocycles. The van der Waals surface area contributed by atoms with Gasteiger partial charge in [-0.15, -0.1) is 11.3 Å². The number of ether oxygens (including phenoxy) is 1. The molecule has 5 heteroatoms. The van der Waals surface area contributed by atoms with Gasteiger partial charge in [0.05, 0.1) is 12.0 Å². The number of aryl methyl sites for hydroxylation is 1. The predicted molar refractivity (Wildman–Crippen MR) is 76.7 cm³/mol. The molecule has 0 saturated carbocycles. The Morgan fingerprint density at radius 2 is 2.17 bits per heavy atom. The Labute approximate surface area is 111 Å². The van der Waals surface area contributed by atoms with Crippen LogP contribution < -0.4 is 10.1 Å². The van der Waals surface area contributed by atoms with E-state index in [4.69, 9.17) is 4.74 Å². The summed E-state index contributed by atoms with van der Waals surface area (Å²) in [5.74, 6) is 1.33. The van der Waals surface area contributed by atoms with Crippen molar-refractivity contribution in [1.82, 2.24) is 9.97 Å². The van der Waals surface area contributed by atoms with E-state index in [1.54, 1.807) is 11.3 Å². The molecule has 4 nitrogen and oxygen atoms in total. The average Bonchev–Trinajstić information content (AvgIpc) is 2.81. The van der Waals surface area contributed by atoms with Gasteiger partial charge in [-0.1, -0.05) is 20.3 Å². The third kappa shape index (κ3) is 2.72. The van der Waals surface area contributed by atoms with Gasteiger partial charge < -0.3 is 10.1 Å². The second kappa shape index (κ2) is 6.00. The number of thiophene rings is 1. The van der Waals surface area contributed by atoms with Crippen LogP contribution in [0.25, 0.3) is 10.2 Å². The lowest BCUT2D eigenvalue weighted by atomic mass is 10.3. The van der Waals surface area contributed by atoms with Gasteiger partial charge in [-0.3, -0.25) is 0 Å². The first-order valence-electron chi connectivity index (χ1n) is 6.39. The summed E-state index contributed by atoms with van der Waals surface area (Å²) in [6, 6.07) is 2.14. The average molecular weight is 265 g/mol. The Bertz CT molecular complexity index is 524. The Morgan fingerprint density at radius 1 is 1.33 bits per heavy atom. The number of nitrogens with one attached hydrogen (secondary N) is 1. The molecular weight excluding hydrogens is 246 g/mol. The topological polar surface area (TPSA) is 47.0 Å². The summed E-state index contributed by atoms with van der Waals surface area (Å²) in [6.07, 6.45) is 3.19. The van der Waals surface area contributed by atoms with E-state index < -0.39 is 0 Å². The molecule has 0 spiro atoms. The standard InChI is InChI=1S/C13H19N3OS/c1-4-6-7-17-11-10-8-9(5-2)18-12(10)16-13(14-3)15-11/h8H,4-7H2,1-3H3,(H,14,15,16). The number of anilines is 1. The maximum absolute atomic E-state index is 5.78. The fourth-order valence-electron chi connectivity index (χ4n) is 1.65. The van der Waals surface area contributed by atoms with Gasteiger partial charge in [-0.05, 0) is 18.9 Å². The van der Waals surface area contributed by atoms with Crippen LogP contribution in [0.1, 0.15) is 31.6 Å². The van der Waals surface area contributed by atoms with Gasteiger partial charge in [-0.2, -0.15) is 4.98 Å². The molecule has 0 fully saturated rings. The number of aromatic nitrogens is 2. The predicted octanol–water partition coefficient (Wildman–Crippen LogP) is 3.47. The van der Waals surface area contributed by atoms with Gasteiger partial charge in [0.25, 0.3) is 0 Å². The number of hydrogen-bond donors (Lipinski definition) is 1. The van der Waals surface area contributed by atoms with Crippen LogP contribution in [0.4, 0.5) is 5.95 Å². The van der Waals surface area contributed by atoms with E-state index in [0.717, 1.165) is 29.5 Å². The quantitative estimate of drug-likeness (QED) is 0.812. The summed E-state index contributed by atoms with van der Waals surface area (Å²) in [4.78, 5) is 11.2. The molecule has 1 N–H and O–H groups in total. The van der Waals surface area contributed by atoms with Crippen molar-refractivity contribution in [2.75, 3.05) is 19.0 Å². The molecule has 0 unspecified atom stereocenters. The fraction of sp³-hybridized carbons (Fsp3) is 0.538. The summed E-state index contributed by atoms with van der Waals surface area (Å²) in [7, 11) is 1.82. The molecule has 0 radical (unpaired) electrons. The van der Waals surface area contributed by atoms with E-state index in [1.165, 1.54) is 4.88 Å². The van der Waals surface area contributed by atoms with E-state index in [1.807, 2.05) is 7.05 Å². The first-order valence-corrected chi connectivity index (χ1v) is 7.21. The molecule has 0 aliphatic heterocycles. The minimum Gasteiger partial charge on any atom is -0.477 e. The third-order valence-corrected chi connectivity index (χ3v) is 3.89. The van der Waals surface area contributed by atoms with Crippen LogP contribution in [0, 0.1) is 0 Å². The van der Waals surface area contributed by atoms with Crippen LogP contribution in [0.15, 0.2) is 6.07 Å². The summed E-state index contributed by atoms with van der Waals surface area (Å²) < 4.78 is 5.78. The highest BCUT2D eigenvalue weighted by Gasteiger charge is 2.11. The van der Waals surface area contributed by atoms with E-state index in [9.17, 15) is 0 Å². The van der Waals surface area contributed by atoms with Crippen molar-refractivity contribution in [1.29, 1.82) is 0 Å². The highest BCUT2D eigenvalue weighted by molar-refractivity contribution is 7.18. The van der Waals surface area contributed by atoms with Crippen molar-refractivity contribution < 1.29 is 4.74 Å². The number of rotatable bonds is 6. The van der Waals surface area contributed by atoms with Crippen molar-refractivity contribution in [2.45, 2.75) is 33.1 Å². The van der Waals surface area contributed by atoms with Gasteiger partial charge in [0.1, 0.15) is 4.83 Å². The normalized spacial score (nSPS) is 10.8. The molecule has 0 aliphatic carbocycles. The van der Waals surface area contributed by atoms with Crippen LogP contribution in [0.3, 0.4) is 0 Å². The molecule has 2 rings (SSSR count). The zero-order valence-corrected chi connectivity index (χ0v) is 11.9. The highest BCUT2D eigenvalue weighted by Crippen LogP contribution is 2.31. The molecule has 0 amide bonds. The summed E-state index contributed by atoms with van der Waals surface area (Å²) in [5.41, 5.74) is 0. The Hall–Kier alpha value is -1.36. The minimum atomic E-state index is 0.624. The minimum absolute atomic E-state index is 0.624. The van der Waals surface area contributed by atoms with Crippen LogP contribution in [0.5, 0.6) is 5.88 Å². The first-order chi connectivity index (χ1) is 8.78. The molecule has 0 saturated heterocycles. The van der Waals surface area contributed by atoms with Crippen LogP contribution in [-0.4, -0.2) is 23.6 Å². The van der Waals surface area contributed by atoms with Gasteiger partial charge >= 0.3 is 0 Å². The zero-order chi connectivity index (χ0) is 13.0. The fourth-order valence-corrected chi connectivity index (χ4v) is 2.61. The first kappa shape index (κ1) is 13.1. The van der Waals surface area contributed by atoms with Gasteiger partial charge in [0.15, 0.2) is 0 Å². The maximum Gasteiger partial charge on any atom is 0.227 e. The van der Waals surface area contributed by atoms with Gasteiger partial charge in [0, 0.05) is 11.9 Å². The summed E-state index contributed by atoms with van der Waals surface area (Å²) >= 11 is 1.71. The molecule has 2 heterocycles.